The number of fused-ring (bicyclic) bond motifs is 1. The number of amides is 2. The zero-order chi connectivity index (χ0) is 14.1. The summed E-state index contributed by atoms with van der Waals surface area (Å²) in [5.41, 5.74) is 3.28. The zero-order valence-corrected chi connectivity index (χ0v) is 12.7. The molecule has 0 fully saturated rings. The standard InChI is InChI=1S/C14H13N3OS2/c1-8-6-9(2)12-10(7-8)20-14(16-12)17-13(18)15-11-4-3-5-19-11/h3-7H,1-2H3,(H2,15,16,17,18). The molecule has 0 atom stereocenters. The van der Waals surface area contributed by atoms with E-state index in [4.69, 9.17) is 0 Å². The normalized spacial score (nSPS) is 10.7. The largest absolute Gasteiger partial charge is 0.326 e. The molecule has 6 heteroatoms. The third kappa shape index (κ3) is 2.66. The highest BCUT2D eigenvalue weighted by Crippen LogP contribution is 2.29. The maximum Gasteiger partial charge on any atom is 0.326 e. The Hall–Kier alpha value is -1.92. The average Bonchev–Trinajstić information content (AvgIpc) is 2.98. The van der Waals surface area contributed by atoms with Gasteiger partial charge in [0.05, 0.1) is 15.2 Å². The maximum atomic E-state index is 11.9. The molecule has 2 N–H and O–H groups in total. The molecule has 0 spiro atoms. The van der Waals surface area contributed by atoms with Crippen molar-refractivity contribution in [3.8, 4) is 0 Å². The van der Waals surface area contributed by atoms with E-state index in [0.717, 1.165) is 20.8 Å². The lowest BCUT2D eigenvalue weighted by Crippen LogP contribution is -2.18. The van der Waals surface area contributed by atoms with E-state index >= 15 is 0 Å². The molecule has 4 nitrogen and oxygen atoms in total. The molecule has 1 aromatic carbocycles. The second kappa shape index (κ2) is 5.22. The van der Waals surface area contributed by atoms with Gasteiger partial charge >= 0.3 is 6.03 Å². The molecule has 0 saturated heterocycles. The highest BCUT2D eigenvalue weighted by molar-refractivity contribution is 7.22. The monoisotopic (exact) mass is 303 g/mol. The van der Waals surface area contributed by atoms with Gasteiger partial charge < -0.3 is 0 Å². The third-order valence-corrected chi connectivity index (χ3v) is 4.51. The molecule has 0 saturated carbocycles. The summed E-state index contributed by atoms with van der Waals surface area (Å²) in [5.74, 6) is 0. The van der Waals surface area contributed by atoms with Crippen LogP contribution in [-0.4, -0.2) is 11.0 Å². The molecular weight excluding hydrogens is 290 g/mol. The number of anilines is 2. The van der Waals surface area contributed by atoms with E-state index in [1.807, 2.05) is 24.4 Å². The zero-order valence-electron chi connectivity index (χ0n) is 11.1. The van der Waals surface area contributed by atoms with Gasteiger partial charge in [-0.05, 0) is 48.6 Å². The molecule has 2 amide bonds. The minimum Gasteiger partial charge on any atom is -0.299 e. The van der Waals surface area contributed by atoms with E-state index in [2.05, 4.69) is 34.7 Å². The Bertz CT molecular complexity index is 762. The fraction of sp³-hybridized carbons (Fsp3) is 0.143. The van der Waals surface area contributed by atoms with Crippen LogP contribution < -0.4 is 10.6 Å². The van der Waals surface area contributed by atoms with E-state index in [1.165, 1.54) is 28.2 Å². The van der Waals surface area contributed by atoms with Crippen molar-refractivity contribution in [1.29, 1.82) is 0 Å². The van der Waals surface area contributed by atoms with Gasteiger partial charge in [0.2, 0.25) is 0 Å². The Morgan fingerprint density at radius 3 is 2.85 bits per heavy atom. The van der Waals surface area contributed by atoms with Crippen LogP contribution in [0.4, 0.5) is 14.9 Å². The number of nitrogens with one attached hydrogen (secondary N) is 2. The quantitative estimate of drug-likeness (QED) is 0.726. The fourth-order valence-corrected chi connectivity index (χ4v) is 3.66. The lowest BCUT2D eigenvalue weighted by molar-refractivity contribution is 0.262. The highest BCUT2D eigenvalue weighted by atomic mass is 32.1. The summed E-state index contributed by atoms with van der Waals surface area (Å²) in [6.07, 6.45) is 0. The van der Waals surface area contributed by atoms with Crippen LogP contribution >= 0.6 is 22.7 Å². The van der Waals surface area contributed by atoms with Gasteiger partial charge in [0, 0.05) is 0 Å². The first kappa shape index (κ1) is 13.1. The van der Waals surface area contributed by atoms with Crippen molar-refractivity contribution in [2.45, 2.75) is 13.8 Å². The van der Waals surface area contributed by atoms with Crippen LogP contribution in [0.3, 0.4) is 0 Å². The molecule has 2 aromatic heterocycles. The highest BCUT2D eigenvalue weighted by Gasteiger charge is 2.10. The molecule has 102 valence electrons. The van der Waals surface area contributed by atoms with Crippen molar-refractivity contribution >= 4 is 49.1 Å². The summed E-state index contributed by atoms with van der Waals surface area (Å²) < 4.78 is 1.09. The molecule has 0 unspecified atom stereocenters. The number of aromatic nitrogens is 1. The molecule has 3 aromatic rings. The number of benzene rings is 1. The van der Waals surface area contributed by atoms with Crippen molar-refractivity contribution in [3.05, 3.63) is 40.8 Å². The van der Waals surface area contributed by atoms with Gasteiger partial charge in [0.1, 0.15) is 0 Å². The Morgan fingerprint density at radius 1 is 1.25 bits per heavy atom. The lowest BCUT2D eigenvalue weighted by atomic mass is 10.1. The van der Waals surface area contributed by atoms with Gasteiger partial charge in [-0.25, -0.2) is 9.78 Å². The molecule has 2 heterocycles. The van der Waals surface area contributed by atoms with Gasteiger partial charge in [0.15, 0.2) is 5.13 Å². The smallest absolute Gasteiger partial charge is 0.299 e. The second-order valence-electron chi connectivity index (χ2n) is 4.50. The first-order chi connectivity index (χ1) is 9.61. The maximum absolute atomic E-state index is 11.9. The predicted molar refractivity (Wildman–Crippen MR) is 86.1 cm³/mol. The Labute approximate surface area is 124 Å². The number of aryl methyl sites for hydroxylation is 2. The van der Waals surface area contributed by atoms with Crippen molar-refractivity contribution in [2.24, 2.45) is 0 Å². The number of urea groups is 1. The summed E-state index contributed by atoms with van der Waals surface area (Å²) in [4.78, 5) is 16.3. The van der Waals surface area contributed by atoms with Gasteiger partial charge in [-0.2, -0.15) is 0 Å². The van der Waals surface area contributed by atoms with Gasteiger partial charge in [0.25, 0.3) is 0 Å². The van der Waals surface area contributed by atoms with Crippen molar-refractivity contribution < 1.29 is 4.79 Å². The van der Waals surface area contributed by atoms with Crippen molar-refractivity contribution in [2.75, 3.05) is 10.6 Å². The minimum absolute atomic E-state index is 0.263. The van der Waals surface area contributed by atoms with Gasteiger partial charge in [-0.3, -0.25) is 10.6 Å². The third-order valence-electron chi connectivity index (χ3n) is 2.81. The fourth-order valence-electron chi connectivity index (χ4n) is 2.01. The van der Waals surface area contributed by atoms with E-state index < -0.39 is 0 Å². The number of hydrogen-bond donors (Lipinski definition) is 2. The van der Waals surface area contributed by atoms with Crippen LogP contribution in [0.25, 0.3) is 10.2 Å². The number of thiazole rings is 1. The summed E-state index contributed by atoms with van der Waals surface area (Å²) in [6, 6.07) is 7.67. The lowest BCUT2D eigenvalue weighted by Gasteiger charge is -2.01. The molecule has 0 bridgehead atoms. The molecule has 0 radical (unpaired) electrons. The number of thiophene rings is 1. The topological polar surface area (TPSA) is 54.0 Å². The predicted octanol–water partition coefficient (Wildman–Crippen LogP) is 4.62. The summed E-state index contributed by atoms with van der Waals surface area (Å²) in [7, 11) is 0. The van der Waals surface area contributed by atoms with Crippen LogP contribution in [0.2, 0.25) is 0 Å². The summed E-state index contributed by atoms with van der Waals surface area (Å²) in [5, 5.41) is 8.90. The van der Waals surface area contributed by atoms with Crippen molar-refractivity contribution in [3.63, 3.8) is 0 Å². The Balaban J connectivity index is 1.81. The first-order valence-corrected chi connectivity index (χ1v) is 7.81. The van der Waals surface area contributed by atoms with Crippen LogP contribution in [0, 0.1) is 13.8 Å². The van der Waals surface area contributed by atoms with E-state index in [-0.39, 0.29) is 6.03 Å². The second-order valence-corrected chi connectivity index (χ2v) is 6.48. The number of rotatable bonds is 2. The van der Waals surface area contributed by atoms with Gasteiger partial charge in [-0.1, -0.05) is 17.4 Å². The number of nitrogens with zero attached hydrogens (tertiary/aromatic N) is 1. The Kier molecular flexibility index (Phi) is 3.42. The van der Waals surface area contributed by atoms with E-state index in [1.54, 1.807) is 0 Å². The molecule has 20 heavy (non-hydrogen) atoms. The molecular formula is C14H13N3OS2. The Morgan fingerprint density at radius 2 is 2.10 bits per heavy atom. The van der Waals surface area contributed by atoms with Crippen LogP contribution in [-0.2, 0) is 0 Å². The number of carbonyl (C=O) groups is 1. The van der Waals surface area contributed by atoms with Crippen molar-refractivity contribution in [1.82, 2.24) is 4.98 Å². The minimum atomic E-state index is -0.263. The van der Waals surface area contributed by atoms with Crippen LogP contribution in [0.5, 0.6) is 0 Å². The number of hydrogen-bond acceptors (Lipinski definition) is 4. The molecule has 0 aliphatic heterocycles. The first-order valence-electron chi connectivity index (χ1n) is 6.11. The van der Waals surface area contributed by atoms with Crippen LogP contribution in [0.1, 0.15) is 11.1 Å². The summed E-state index contributed by atoms with van der Waals surface area (Å²) >= 11 is 2.97. The molecule has 0 aliphatic carbocycles. The van der Waals surface area contributed by atoms with E-state index in [9.17, 15) is 4.79 Å². The van der Waals surface area contributed by atoms with E-state index in [0.29, 0.717) is 5.13 Å². The summed E-state index contributed by atoms with van der Waals surface area (Å²) in [6.45, 7) is 4.09. The molecule has 3 rings (SSSR count). The molecule has 0 aliphatic rings. The number of carbonyl (C=O) groups excluding carboxylic acids is 1. The van der Waals surface area contributed by atoms with Gasteiger partial charge in [-0.15, -0.1) is 11.3 Å². The average molecular weight is 303 g/mol. The SMILES string of the molecule is Cc1cc(C)c2nc(NC(=O)Nc3cccs3)sc2c1. The van der Waals surface area contributed by atoms with Crippen LogP contribution in [0.15, 0.2) is 29.6 Å².